The van der Waals surface area contributed by atoms with Crippen molar-refractivity contribution in [1.82, 2.24) is 15.1 Å². The van der Waals surface area contributed by atoms with Crippen molar-refractivity contribution in [2.24, 2.45) is 16.7 Å². The minimum atomic E-state index is -0.765. The lowest BCUT2D eigenvalue weighted by Gasteiger charge is -2.39. The number of urea groups is 1. The van der Waals surface area contributed by atoms with E-state index in [2.05, 4.69) is 33.0 Å². The molecule has 2 saturated carbocycles. The predicted octanol–water partition coefficient (Wildman–Crippen LogP) is 2.91. The first-order chi connectivity index (χ1) is 12.5. The zero-order valence-corrected chi connectivity index (χ0v) is 17.1. The SMILES string of the molecule is CC1CCC2(CC1)NC(=O)N(CC(=O)N1CC3(C)CC1CC(C)(C)C3)C2=O. The molecule has 0 aromatic heterocycles. The highest BCUT2D eigenvalue weighted by Gasteiger charge is 2.54. The van der Waals surface area contributed by atoms with E-state index in [1.54, 1.807) is 0 Å². The fourth-order valence-corrected chi connectivity index (χ4v) is 6.39. The summed E-state index contributed by atoms with van der Waals surface area (Å²) in [7, 11) is 0. The molecule has 1 spiro atoms. The molecule has 6 nitrogen and oxygen atoms in total. The monoisotopic (exact) mass is 375 g/mol. The van der Waals surface area contributed by atoms with Crippen LogP contribution in [0.25, 0.3) is 0 Å². The van der Waals surface area contributed by atoms with Crippen LogP contribution in [0.2, 0.25) is 0 Å². The molecule has 0 aromatic rings. The summed E-state index contributed by atoms with van der Waals surface area (Å²) in [4.78, 5) is 41.7. The van der Waals surface area contributed by atoms with Gasteiger partial charge in [0.15, 0.2) is 0 Å². The number of nitrogens with zero attached hydrogens (tertiary/aromatic N) is 2. The van der Waals surface area contributed by atoms with Crippen LogP contribution in [0.15, 0.2) is 0 Å². The average Bonchev–Trinajstić information content (AvgIpc) is 2.94. The molecular formula is C21H33N3O3. The molecule has 2 unspecified atom stereocenters. The fourth-order valence-electron chi connectivity index (χ4n) is 6.39. The minimum absolute atomic E-state index is 0.0776. The highest BCUT2D eigenvalue weighted by molar-refractivity contribution is 6.09. The number of hydrogen-bond acceptors (Lipinski definition) is 3. The quantitative estimate of drug-likeness (QED) is 0.755. The summed E-state index contributed by atoms with van der Waals surface area (Å²) >= 11 is 0. The number of carbonyl (C=O) groups excluding carboxylic acids is 3. The normalized spacial score (nSPS) is 37.0. The van der Waals surface area contributed by atoms with E-state index in [1.165, 1.54) is 4.90 Å². The average molecular weight is 376 g/mol. The Hall–Kier alpha value is -1.59. The molecule has 2 atom stereocenters. The third-order valence-electron chi connectivity index (χ3n) is 7.40. The van der Waals surface area contributed by atoms with Crippen molar-refractivity contribution in [3.05, 3.63) is 0 Å². The summed E-state index contributed by atoms with van der Waals surface area (Å²) in [5, 5.41) is 2.92. The number of amides is 4. The minimum Gasteiger partial charge on any atom is -0.338 e. The number of likely N-dealkylation sites (tertiary alicyclic amines) is 1. The van der Waals surface area contributed by atoms with Gasteiger partial charge in [0.05, 0.1) is 0 Å². The summed E-state index contributed by atoms with van der Waals surface area (Å²) in [5.74, 6) is 0.316. The lowest BCUT2D eigenvalue weighted by molar-refractivity contribution is -0.140. The van der Waals surface area contributed by atoms with E-state index in [0.29, 0.717) is 18.8 Å². The first-order valence-electron chi connectivity index (χ1n) is 10.5. The topological polar surface area (TPSA) is 69.7 Å². The molecule has 0 radical (unpaired) electrons. The molecular weight excluding hydrogens is 342 g/mol. The summed E-state index contributed by atoms with van der Waals surface area (Å²) in [6, 6.07) is -0.159. The van der Waals surface area contributed by atoms with Gasteiger partial charge in [-0.15, -0.1) is 0 Å². The summed E-state index contributed by atoms with van der Waals surface area (Å²) in [6.45, 7) is 9.62. The number of nitrogens with one attached hydrogen (secondary N) is 1. The van der Waals surface area contributed by atoms with Crippen molar-refractivity contribution < 1.29 is 14.4 Å². The van der Waals surface area contributed by atoms with Gasteiger partial charge in [-0.2, -0.15) is 0 Å². The van der Waals surface area contributed by atoms with Crippen LogP contribution in [0.3, 0.4) is 0 Å². The molecule has 2 saturated heterocycles. The van der Waals surface area contributed by atoms with Gasteiger partial charge in [0.1, 0.15) is 12.1 Å². The zero-order valence-electron chi connectivity index (χ0n) is 17.1. The number of carbonyl (C=O) groups is 3. The maximum absolute atomic E-state index is 13.1. The number of hydrogen-bond donors (Lipinski definition) is 1. The highest BCUT2D eigenvalue weighted by atomic mass is 16.2. The predicted molar refractivity (Wildman–Crippen MR) is 102 cm³/mol. The third-order valence-corrected chi connectivity index (χ3v) is 7.40. The van der Waals surface area contributed by atoms with Crippen LogP contribution in [0, 0.1) is 16.7 Å². The summed E-state index contributed by atoms with van der Waals surface area (Å²) < 4.78 is 0. The Morgan fingerprint density at radius 3 is 2.48 bits per heavy atom. The molecule has 4 rings (SSSR count). The van der Waals surface area contributed by atoms with Gasteiger partial charge in [-0.05, 0) is 61.7 Å². The molecule has 2 aliphatic carbocycles. The van der Waals surface area contributed by atoms with Crippen LogP contribution in [-0.4, -0.2) is 52.3 Å². The Balaban J connectivity index is 1.46. The van der Waals surface area contributed by atoms with Gasteiger partial charge in [-0.1, -0.05) is 27.7 Å². The molecule has 2 aliphatic heterocycles. The van der Waals surface area contributed by atoms with E-state index in [9.17, 15) is 14.4 Å². The Morgan fingerprint density at radius 2 is 1.81 bits per heavy atom. The molecule has 1 N–H and O–H groups in total. The second-order valence-electron chi connectivity index (χ2n) is 10.8. The van der Waals surface area contributed by atoms with E-state index in [4.69, 9.17) is 0 Å². The van der Waals surface area contributed by atoms with Crippen molar-refractivity contribution in [2.45, 2.75) is 84.2 Å². The standard InChI is InChI=1S/C21H33N3O3/c1-14-5-7-21(8-6-14)17(26)23(18(27)22-21)11-16(25)24-13-20(4)10-15(24)9-19(2,3)12-20/h14-15H,5-13H2,1-4H3,(H,22,27). The van der Waals surface area contributed by atoms with Crippen molar-refractivity contribution >= 4 is 17.8 Å². The highest BCUT2D eigenvalue weighted by Crippen LogP contribution is 2.52. The largest absolute Gasteiger partial charge is 0.338 e. The second-order valence-corrected chi connectivity index (χ2v) is 10.8. The van der Waals surface area contributed by atoms with Crippen LogP contribution in [-0.2, 0) is 9.59 Å². The number of fused-ring (bicyclic) bond motifs is 2. The van der Waals surface area contributed by atoms with Gasteiger partial charge in [-0.25, -0.2) is 4.79 Å². The van der Waals surface area contributed by atoms with Crippen molar-refractivity contribution in [1.29, 1.82) is 0 Å². The van der Waals surface area contributed by atoms with Gasteiger partial charge in [0, 0.05) is 12.6 Å². The van der Waals surface area contributed by atoms with Crippen LogP contribution < -0.4 is 5.32 Å². The molecule has 4 amide bonds. The van der Waals surface area contributed by atoms with Gasteiger partial charge in [0.2, 0.25) is 5.91 Å². The van der Waals surface area contributed by atoms with Crippen LogP contribution >= 0.6 is 0 Å². The molecule has 4 aliphatic rings. The Labute approximate surface area is 162 Å². The van der Waals surface area contributed by atoms with Crippen molar-refractivity contribution in [2.75, 3.05) is 13.1 Å². The van der Waals surface area contributed by atoms with Crippen molar-refractivity contribution in [3.8, 4) is 0 Å². The van der Waals surface area contributed by atoms with E-state index >= 15 is 0 Å². The van der Waals surface area contributed by atoms with E-state index < -0.39 is 11.6 Å². The van der Waals surface area contributed by atoms with Gasteiger partial charge < -0.3 is 10.2 Å². The molecule has 2 bridgehead atoms. The first-order valence-corrected chi connectivity index (χ1v) is 10.5. The van der Waals surface area contributed by atoms with E-state index in [1.807, 2.05) is 4.90 Å². The zero-order chi connectivity index (χ0) is 19.6. The lowest BCUT2D eigenvalue weighted by Crippen LogP contribution is -2.50. The van der Waals surface area contributed by atoms with E-state index in [0.717, 1.165) is 38.6 Å². The maximum atomic E-state index is 13.1. The second kappa shape index (κ2) is 5.95. The molecule has 6 heteroatoms. The number of imide groups is 1. The lowest BCUT2D eigenvalue weighted by atomic mass is 9.65. The van der Waals surface area contributed by atoms with Gasteiger partial charge in [-0.3, -0.25) is 14.5 Å². The Morgan fingerprint density at radius 1 is 1.15 bits per heavy atom. The fraction of sp³-hybridized carbons (Fsp3) is 0.857. The molecule has 4 fully saturated rings. The molecule has 150 valence electrons. The molecule has 0 aromatic carbocycles. The molecule has 2 heterocycles. The third kappa shape index (κ3) is 3.15. The smallest absolute Gasteiger partial charge is 0.325 e. The summed E-state index contributed by atoms with van der Waals surface area (Å²) in [6.07, 6.45) is 6.39. The maximum Gasteiger partial charge on any atom is 0.325 e. The van der Waals surface area contributed by atoms with Crippen LogP contribution in [0.1, 0.15) is 72.6 Å². The number of rotatable bonds is 2. The van der Waals surface area contributed by atoms with Gasteiger partial charge in [0.25, 0.3) is 5.91 Å². The van der Waals surface area contributed by atoms with Crippen LogP contribution in [0.5, 0.6) is 0 Å². The van der Waals surface area contributed by atoms with Crippen molar-refractivity contribution in [3.63, 3.8) is 0 Å². The molecule has 27 heavy (non-hydrogen) atoms. The summed E-state index contributed by atoms with van der Waals surface area (Å²) in [5.41, 5.74) is -0.380. The van der Waals surface area contributed by atoms with Gasteiger partial charge >= 0.3 is 6.03 Å². The Kier molecular flexibility index (Phi) is 4.13. The van der Waals surface area contributed by atoms with E-state index in [-0.39, 0.29) is 35.2 Å². The Bertz CT molecular complexity index is 680. The first kappa shape index (κ1) is 18.8. The van der Waals surface area contributed by atoms with Crippen LogP contribution in [0.4, 0.5) is 4.79 Å².